The zero-order valence-electron chi connectivity index (χ0n) is 9.69. The van der Waals surface area contributed by atoms with E-state index in [2.05, 4.69) is 10.5 Å². The summed E-state index contributed by atoms with van der Waals surface area (Å²) in [5, 5.41) is 15.2. The van der Waals surface area contributed by atoms with Crippen molar-refractivity contribution in [2.45, 2.75) is 26.7 Å². The summed E-state index contributed by atoms with van der Waals surface area (Å²) in [5.74, 6) is 0.286. The van der Waals surface area contributed by atoms with Crippen molar-refractivity contribution in [3.8, 4) is 0 Å². The van der Waals surface area contributed by atoms with Crippen molar-refractivity contribution < 1.29 is 14.4 Å². The highest BCUT2D eigenvalue weighted by atomic mass is 16.5. The van der Waals surface area contributed by atoms with Crippen LogP contribution in [0.15, 0.2) is 10.6 Å². The van der Waals surface area contributed by atoms with Gasteiger partial charge in [0.2, 0.25) is 5.76 Å². The van der Waals surface area contributed by atoms with Crippen LogP contribution in [0, 0.1) is 12.8 Å². The second-order valence-electron chi connectivity index (χ2n) is 4.02. The largest absolute Gasteiger partial charge is 0.396 e. The van der Waals surface area contributed by atoms with E-state index in [1.165, 1.54) is 0 Å². The summed E-state index contributed by atoms with van der Waals surface area (Å²) in [6.07, 6.45) is 1.74. The fourth-order valence-electron chi connectivity index (χ4n) is 1.30. The van der Waals surface area contributed by atoms with E-state index in [1.807, 2.05) is 6.92 Å². The molecule has 0 aliphatic rings. The van der Waals surface area contributed by atoms with Crippen molar-refractivity contribution in [2.24, 2.45) is 5.92 Å². The van der Waals surface area contributed by atoms with Crippen LogP contribution >= 0.6 is 0 Å². The number of aliphatic hydroxyl groups is 1. The molecule has 1 heterocycles. The van der Waals surface area contributed by atoms with Gasteiger partial charge in [0.1, 0.15) is 0 Å². The molecular formula is C11H18N2O3. The van der Waals surface area contributed by atoms with Crippen LogP contribution in [0.5, 0.6) is 0 Å². The topological polar surface area (TPSA) is 75.4 Å². The first-order chi connectivity index (χ1) is 7.63. The monoisotopic (exact) mass is 226 g/mol. The summed E-state index contributed by atoms with van der Waals surface area (Å²) in [5.41, 5.74) is 0.694. The van der Waals surface area contributed by atoms with Gasteiger partial charge in [0, 0.05) is 19.2 Å². The lowest BCUT2D eigenvalue weighted by Gasteiger charge is -2.07. The third-order valence-corrected chi connectivity index (χ3v) is 2.32. The molecule has 2 N–H and O–H groups in total. The van der Waals surface area contributed by atoms with E-state index < -0.39 is 0 Å². The molecule has 1 amide bonds. The van der Waals surface area contributed by atoms with E-state index in [4.69, 9.17) is 9.63 Å². The Morgan fingerprint density at radius 3 is 3.00 bits per heavy atom. The van der Waals surface area contributed by atoms with Gasteiger partial charge in [-0.05, 0) is 25.7 Å². The van der Waals surface area contributed by atoms with Crippen LogP contribution in [-0.4, -0.2) is 29.3 Å². The van der Waals surface area contributed by atoms with Gasteiger partial charge in [-0.25, -0.2) is 0 Å². The molecule has 1 rings (SSSR count). The van der Waals surface area contributed by atoms with Crippen LogP contribution in [0.4, 0.5) is 0 Å². The quantitative estimate of drug-likeness (QED) is 0.713. The Bertz CT molecular complexity index is 336. The fraction of sp³-hybridized carbons (Fsp3) is 0.636. The number of rotatable bonds is 6. The number of aliphatic hydroxyl groups excluding tert-OH is 1. The maximum absolute atomic E-state index is 11.5. The lowest BCUT2D eigenvalue weighted by Crippen LogP contribution is -2.24. The SMILES string of the molecule is Cc1cc(C(=O)NCCCC(C)CO)on1. The number of carbonyl (C=O) groups is 1. The van der Waals surface area contributed by atoms with Gasteiger partial charge in [-0.1, -0.05) is 12.1 Å². The third kappa shape index (κ3) is 4.02. The van der Waals surface area contributed by atoms with Gasteiger partial charge in [0.15, 0.2) is 0 Å². The van der Waals surface area contributed by atoms with Crippen molar-refractivity contribution in [1.82, 2.24) is 10.5 Å². The number of carbonyl (C=O) groups excluding carboxylic acids is 1. The molecule has 0 fully saturated rings. The summed E-state index contributed by atoms with van der Waals surface area (Å²) in [7, 11) is 0. The van der Waals surface area contributed by atoms with Gasteiger partial charge in [0.25, 0.3) is 5.91 Å². The Morgan fingerprint density at radius 2 is 2.44 bits per heavy atom. The molecule has 0 bridgehead atoms. The highest BCUT2D eigenvalue weighted by molar-refractivity contribution is 5.91. The molecule has 90 valence electrons. The molecule has 0 saturated heterocycles. The number of hydrogen-bond acceptors (Lipinski definition) is 4. The minimum absolute atomic E-state index is 0.190. The average Bonchev–Trinajstić information content (AvgIpc) is 2.70. The van der Waals surface area contributed by atoms with Gasteiger partial charge in [-0.3, -0.25) is 4.79 Å². The number of aromatic nitrogens is 1. The maximum Gasteiger partial charge on any atom is 0.289 e. The second kappa shape index (κ2) is 6.27. The summed E-state index contributed by atoms with van der Waals surface area (Å²) in [6.45, 7) is 4.52. The van der Waals surface area contributed by atoms with Gasteiger partial charge < -0.3 is 14.9 Å². The number of amides is 1. The maximum atomic E-state index is 11.5. The van der Waals surface area contributed by atoms with E-state index in [1.54, 1.807) is 13.0 Å². The van der Waals surface area contributed by atoms with Crippen LogP contribution in [0.3, 0.4) is 0 Å². The van der Waals surface area contributed by atoms with Crippen molar-refractivity contribution in [3.63, 3.8) is 0 Å². The first-order valence-electron chi connectivity index (χ1n) is 5.46. The summed E-state index contributed by atoms with van der Waals surface area (Å²) >= 11 is 0. The fourth-order valence-corrected chi connectivity index (χ4v) is 1.30. The molecule has 5 nitrogen and oxygen atoms in total. The zero-order chi connectivity index (χ0) is 12.0. The van der Waals surface area contributed by atoms with E-state index in [0.29, 0.717) is 12.2 Å². The minimum Gasteiger partial charge on any atom is -0.396 e. The van der Waals surface area contributed by atoms with Crippen LogP contribution in [0.2, 0.25) is 0 Å². The van der Waals surface area contributed by atoms with E-state index in [-0.39, 0.29) is 24.2 Å². The lowest BCUT2D eigenvalue weighted by atomic mass is 10.1. The molecule has 0 aliphatic carbocycles. The Balaban J connectivity index is 2.21. The van der Waals surface area contributed by atoms with Crippen LogP contribution in [0.1, 0.15) is 36.0 Å². The van der Waals surface area contributed by atoms with E-state index in [0.717, 1.165) is 12.8 Å². The first-order valence-corrected chi connectivity index (χ1v) is 5.46. The smallest absolute Gasteiger partial charge is 0.289 e. The minimum atomic E-state index is -0.239. The highest BCUT2D eigenvalue weighted by Gasteiger charge is 2.10. The number of nitrogens with one attached hydrogen (secondary N) is 1. The van der Waals surface area contributed by atoms with Gasteiger partial charge in [0.05, 0.1) is 5.69 Å². The van der Waals surface area contributed by atoms with E-state index in [9.17, 15) is 4.79 Å². The highest BCUT2D eigenvalue weighted by Crippen LogP contribution is 2.04. The second-order valence-corrected chi connectivity index (χ2v) is 4.02. The Morgan fingerprint density at radius 1 is 1.69 bits per heavy atom. The van der Waals surface area contributed by atoms with Crippen molar-refractivity contribution >= 4 is 5.91 Å². The summed E-state index contributed by atoms with van der Waals surface area (Å²) in [4.78, 5) is 11.5. The molecule has 1 aromatic heterocycles. The Hall–Kier alpha value is -1.36. The third-order valence-electron chi connectivity index (χ3n) is 2.32. The standard InChI is InChI=1S/C11H18N2O3/c1-8(7-14)4-3-5-12-11(15)10-6-9(2)13-16-10/h6,8,14H,3-5,7H2,1-2H3,(H,12,15). The molecule has 0 aliphatic heterocycles. The molecule has 0 radical (unpaired) electrons. The molecule has 0 aromatic carbocycles. The Labute approximate surface area is 94.8 Å². The van der Waals surface area contributed by atoms with Crippen LogP contribution in [-0.2, 0) is 0 Å². The Kier molecular flexibility index (Phi) is 4.98. The molecule has 1 atom stereocenters. The lowest BCUT2D eigenvalue weighted by molar-refractivity contribution is 0.0915. The number of hydrogen-bond donors (Lipinski definition) is 2. The predicted molar refractivity (Wildman–Crippen MR) is 59.1 cm³/mol. The van der Waals surface area contributed by atoms with Crippen molar-refractivity contribution in [1.29, 1.82) is 0 Å². The van der Waals surface area contributed by atoms with Gasteiger partial charge >= 0.3 is 0 Å². The normalized spacial score (nSPS) is 12.4. The number of nitrogens with zero attached hydrogens (tertiary/aromatic N) is 1. The van der Waals surface area contributed by atoms with Crippen molar-refractivity contribution in [3.05, 3.63) is 17.5 Å². The molecule has 1 aromatic rings. The van der Waals surface area contributed by atoms with E-state index >= 15 is 0 Å². The molecule has 0 spiro atoms. The average molecular weight is 226 g/mol. The van der Waals surface area contributed by atoms with Crippen LogP contribution < -0.4 is 5.32 Å². The first kappa shape index (κ1) is 12.7. The van der Waals surface area contributed by atoms with Crippen LogP contribution in [0.25, 0.3) is 0 Å². The predicted octanol–water partition coefficient (Wildman–Crippen LogP) is 1.12. The summed E-state index contributed by atoms with van der Waals surface area (Å²) in [6, 6.07) is 1.60. The molecule has 5 heteroatoms. The molecule has 0 saturated carbocycles. The summed E-state index contributed by atoms with van der Waals surface area (Å²) < 4.78 is 4.82. The molecule has 16 heavy (non-hydrogen) atoms. The van der Waals surface area contributed by atoms with Gasteiger partial charge in [-0.15, -0.1) is 0 Å². The molecular weight excluding hydrogens is 208 g/mol. The van der Waals surface area contributed by atoms with Crippen molar-refractivity contribution in [2.75, 3.05) is 13.2 Å². The molecule has 1 unspecified atom stereocenters. The van der Waals surface area contributed by atoms with Gasteiger partial charge in [-0.2, -0.15) is 0 Å². The number of aryl methyl sites for hydroxylation is 1. The zero-order valence-corrected chi connectivity index (χ0v) is 9.69.